The SMILES string of the molecule is Cc1ccc2c(c1)c(C(=O)N1CCC(Cc3nncn3C)CC1)nn2C. The molecule has 1 aliphatic rings. The number of fused-ring (bicyclic) bond motifs is 1. The van der Waals surface area contributed by atoms with Crippen molar-refractivity contribution in [2.45, 2.75) is 26.2 Å². The molecule has 1 aliphatic heterocycles. The minimum atomic E-state index is 0.0401. The second kappa shape index (κ2) is 6.55. The highest BCUT2D eigenvalue weighted by Crippen LogP contribution is 2.25. The van der Waals surface area contributed by atoms with Gasteiger partial charge in [-0.05, 0) is 37.8 Å². The van der Waals surface area contributed by atoms with Gasteiger partial charge in [0.1, 0.15) is 12.2 Å². The maximum Gasteiger partial charge on any atom is 0.275 e. The molecule has 1 saturated heterocycles. The fourth-order valence-corrected chi connectivity index (χ4v) is 3.78. The first kappa shape index (κ1) is 16.8. The van der Waals surface area contributed by atoms with Crippen molar-refractivity contribution in [2.75, 3.05) is 13.1 Å². The predicted octanol–water partition coefficient (Wildman–Crippen LogP) is 2.11. The lowest BCUT2D eigenvalue weighted by atomic mass is 9.93. The number of aromatic nitrogens is 5. The van der Waals surface area contributed by atoms with E-state index in [0.29, 0.717) is 11.6 Å². The van der Waals surface area contributed by atoms with Gasteiger partial charge in [0.05, 0.1) is 5.52 Å². The van der Waals surface area contributed by atoms with Crippen LogP contribution in [0.15, 0.2) is 24.5 Å². The third-order valence-corrected chi connectivity index (χ3v) is 5.39. The summed E-state index contributed by atoms with van der Waals surface area (Å²) in [6.07, 6.45) is 4.64. The number of carbonyl (C=O) groups is 1. The van der Waals surface area contributed by atoms with Crippen LogP contribution in [0.2, 0.25) is 0 Å². The molecular formula is C19H24N6O. The van der Waals surface area contributed by atoms with Gasteiger partial charge in [0.2, 0.25) is 0 Å². The minimum absolute atomic E-state index is 0.0401. The van der Waals surface area contributed by atoms with Crippen LogP contribution in [0.4, 0.5) is 0 Å². The number of rotatable bonds is 3. The van der Waals surface area contributed by atoms with E-state index in [2.05, 4.69) is 27.4 Å². The van der Waals surface area contributed by atoms with Gasteiger partial charge in [-0.3, -0.25) is 9.48 Å². The van der Waals surface area contributed by atoms with Gasteiger partial charge < -0.3 is 9.47 Å². The molecule has 2 aromatic heterocycles. The molecule has 136 valence electrons. The second-order valence-electron chi connectivity index (χ2n) is 7.29. The standard InChI is InChI=1S/C19H24N6O/c1-13-4-5-16-15(10-13)18(22-24(16)3)19(26)25-8-6-14(7-9-25)11-17-21-20-12-23(17)2/h4-5,10,12,14H,6-9,11H2,1-3H3. The van der Waals surface area contributed by atoms with Crippen LogP contribution in [-0.4, -0.2) is 48.4 Å². The smallest absolute Gasteiger partial charge is 0.275 e. The molecule has 0 aliphatic carbocycles. The Labute approximate surface area is 152 Å². The van der Waals surface area contributed by atoms with Crippen LogP contribution >= 0.6 is 0 Å². The van der Waals surface area contributed by atoms with Crippen molar-refractivity contribution in [3.05, 3.63) is 41.6 Å². The number of hydrogen-bond acceptors (Lipinski definition) is 4. The highest BCUT2D eigenvalue weighted by atomic mass is 16.2. The molecule has 0 spiro atoms. The lowest BCUT2D eigenvalue weighted by Crippen LogP contribution is -2.39. The van der Waals surface area contributed by atoms with Crippen LogP contribution in [0.5, 0.6) is 0 Å². The lowest BCUT2D eigenvalue weighted by molar-refractivity contribution is 0.0684. The molecule has 4 rings (SSSR count). The molecule has 0 saturated carbocycles. The molecule has 7 nitrogen and oxygen atoms in total. The molecular weight excluding hydrogens is 328 g/mol. The zero-order valence-corrected chi connectivity index (χ0v) is 15.5. The Kier molecular flexibility index (Phi) is 4.22. The van der Waals surface area contributed by atoms with Crippen molar-refractivity contribution in [3.8, 4) is 0 Å². The van der Waals surface area contributed by atoms with Crippen LogP contribution in [-0.2, 0) is 20.5 Å². The predicted molar refractivity (Wildman–Crippen MR) is 98.8 cm³/mol. The Hall–Kier alpha value is -2.70. The van der Waals surface area contributed by atoms with E-state index in [1.165, 1.54) is 0 Å². The normalized spacial score (nSPS) is 15.7. The van der Waals surface area contributed by atoms with Crippen molar-refractivity contribution < 1.29 is 4.79 Å². The maximum absolute atomic E-state index is 13.0. The number of carbonyl (C=O) groups excluding carboxylic acids is 1. The zero-order valence-electron chi connectivity index (χ0n) is 15.5. The summed E-state index contributed by atoms with van der Waals surface area (Å²) in [5, 5.41) is 13.6. The summed E-state index contributed by atoms with van der Waals surface area (Å²) < 4.78 is 3.77. The molecule has 0 bridgehead atoms. The molecule has 3 aromatic rings. The maximum atomic E-state index is 13.0. The summed E-state index contributed by atoms with van der Waals surface area (Å²) in [5.41, 5.74) is 2.70. The van der Waals surface area contributed by atoms with Gasteiger partial charge in [-0.15, -0.1) is 10.2 Å². The van der Waals surface area contributed by atoms with Crippen LogP contribution in [0.1, 0.15) is 34.7 Å². The molecule has 26 heavy (non-hydrogen) atoms. The van der Waals surface area contributed by atoms with Crippen LogP contribution in [0.3, 0.4) is 0 Å². The van der Waals surface area contributed by atoms with E-state index >= 15 is 0 Å². The van der Waals surface area contributed by atoms with Gasteiger partial charge in [0.15, 0.2) is 5.69 Å². The van der Waals surface area contributed by atoms with Crippen molar-refractivity contribution >= 4 is 16.8 Å². The molecule has 7 heteroatoms. The number of benzene rings is 1. The van der Waals surface area contributed by atoms with Gasteiger partial charge >= 0.3 is 0 Å². The number of likely N-dealkylation sites (tertiary alicyclic amines) is 1. The largest absolute Gasteiger partial charge is 0.337 e. The van der Waals surface area contributed by atoms with Crippen LogP contribution in [0.25, 0.3) is 10.9 Å². The van der Waals surface area contributed by atoms with Crippen molar-refractivity contribution in [2.24, 2.45) is 20.0 Å². The molecule has 3 heterocycles. The van der Waals surface area contributed by atoms with E-state index in [0.717, 1.165) is 54.6 Å². The van der Waals surface area contributed by atoms with E-state index in [4.69, 9.17) is 0 Å². The number of amides is 1. The third-order valence-electron chi connectivity index (χ3n) is 5.39. The molecule has 0 atom stereocenters. The van der Waals surface area contributed by atoms with Gasteiger partial charge in [-0.25, -0.2) is 0 Å². The Morgan fingerprint density at radius 1 is 1.23 bits per heavy atom. The van der Waals surface area contributed by atoms with Gasteiger partial charge in [0, 0.05) is 39.0 Å². The van der Waals surface area contributed by atoms with Crippen molar-refractivity contribution in [1.82, 2.24) is 29.4 Å². The molecule has 1 fully saturated rings. The first-order valence-corrected chi connectivity index (χ1v) is 9.08. The van der Waals surface area contributed by atoms with E-state index in [9.17, 15) is 4.79 Å². The summed E-state index contributed by atoms with van der Waals surface area (Å²) in [7, 11) is 3.86. The van der Waals surface area contributed by atoms with Crippen LogP contribution < -0.4 is 0 Å². The lowest BCUT2D eigenvalue weighted by Gasteiger charge is -2.31. The summed E-state index contributed by atoms with van der Waals surface area (Å²) in [6.45, 7) is 3.58. The van der Waals surface area contributed by atoms with Gasteiger partial charge in [-0.1, -0.05) is 11.6 Å². The number of piperidine rings is 1. The van der Waals surface area contributed by atoms with Gasteiger partial charge in [0.25, 0.3) is 5.91 Å². The Bertz CT molecular complexity index is 948. The Morgan fingerprint density at radius 2 is 2.00 bits per heavy atom. The Morgan fingerprint density at radius 3 is 2.69 bits per heavy atom. The molecule has 0 unspecified atom stereocenters. The average molecular weight is 352 g/mol. The van der Waals surface area contributed by atoms with E-state index in [1.54, 1.807) is 11.0 Å². The first-order valence-electron chi connectivity index (χ1n) is 9.08. The second-order valence-corrected chi connectivity index (χ2v) is 7.29. The molecule has 0 N–H and O–H groups in total. The Balaban J connectivity index is 1.47. The molecule has 1 aromatic carbocycles. The van der Waals surface area contributed by atoms with E-state index < -0.39 is 0 Å². The number of nitrogens with zero attached hydrogens (tertiary/aromatic N) is 6. The third kappa shape index (κ3) is 2.98. The molecule has 0 radical (unpaired) electrons. The minimum Gasteiger partial charge on any atom is -0.337 e. The summed E-state index contributed by atoms with van der Waals surface area (Å²) in [6, 6.07) is 6.13. The quantitative estimate of drug-likeness (QED) is 0.724. The molecule has 1 amide bonds. The number of aryl methyl sites for hydroxylation is 3. The van der Waals surface area contributed by atoms with Crippen molar-refractivity contribution in [1.29, 1.82) is 0 Å². The topological polar surface area (TPSA) is 68.8 Å². The fourth-order valence-electron chi connectivity index (χ4n) is 3.78. The summed E-state index contributed by atoms with van der Waals surface area (Å²) >= 11 is 0. The van der Waals surface area contributed by atoms with E-state index in [1.807, 2.05) is 36.6 Å². The first-order chi connectivity index (χ1) is 12.5. The number of hydrogen-bond donors (Lipinski definition) is 0. The van der Waals surface area contributed by atoms with Gasteiger partial charge in [-0.2, -0.15) is 5.10 Å². The van der Waals surface area contributed by atoms with Crippen LogP contribution in [0, 0.1) is 12.8 Å². The summed E-state index contributed by atoms with van der Waals surface area (Å²) in [5.74, 6) is 1.60. The zero-order chi connectivity index (χ0) is 18.3. The highest BCUT2D eigenvalue weighted by Gasteiger charge is 2.27. The monoisotopic (exact) mass is 352 g/mol. The highest BCUT2D eigenvalue weighted by molar-refractivity contribution is 6.05. The average Bonchev–Trinajstić information content (AvgIpc) is 3.18. The summed E-state index contributed by atoms with van der Waals surface area (Å²) in [4.78, 5) is 15.0. The van der Waals surface area contributed by atoms with Crippen molar-refractivity contribution in [3.63, 3.8) is 0 Å². The fraction of sp³-hybridized carbons (Fsp3) is 0.474. The van der Waals surface area contributed by atoms with E-state index in [-0.39, 0.29) is 5.91 Å².